The van der Waals surface area contributed by atoms with Gasteiger partial charge in [0.05, 0.1) is 17.5 Å². The van der Waals surface area contributed by atoms with Crippen LogP contribution in [0.1, 0.15) is 36.5 Å². The lowest BCUT2D eigenvalue weighted by Crippen LogP contribution is -2.29. The topological polar surface area (TPSA) is 29.5 Å². The van der Waals surface area contributed by atoms with E-state index in [0.717, 1.165) is 12.8 Å². The monoisotopic (exact) mass is 406 g/mol. The zero-order valence-corrected chi connectivity index (χ0v) is 17.9. The molecule has 0 bridgehead atoms. The molecule has 0 aliphatic heterocycles. The first-order valence-electron chi connectivity index (χ1n) is 10.3. The molecular weight excluding hydrogens is 376 g/mol. The molecule has 3 heteroatoms. The van der Waals surface area contributed by atoms with Crippen molar-refractivity contribution in [3.63, 3.8) is 0 Å². The van der Waals surface area contributed by atoms with Gasteiger partial charge < -0.3 is 9.84 Å². The summed E-state index contributed by atoms with van der Waals surface area (Å²) in [5.74, 6) is 0.588. The van der Waals surface area contributed by atoms with Gasteiger partial charge in [-0.2, -0.15) is 0 Å². The fourth-order valence-electron chi connectivity index (χ4n) is 3.50. The maximum atomic E-state index is 10.6. The summed E-state index contributed by atoms with van der Waals surface area (Å²) in [6.07, 6.45) is 1.62. The Morgan fingerprint density at radius 3 is 1.66 bits per heavy atom. The van der Waals surface area contributed by atoms with E-state index < -0.39 is 10.9 Å². The van der Waals surface area contributed by atoms with E-state index in [4.69, 9.17) is 4.74 Å². The number of benzene rings is 3. The van der Waals surface area contributed by atoms with Crippen LogP contribution in [0.15, 0.2) is 91.0 Å². The van der Waals surface area contributed by atoms with Gasteiger partial charge in [-0.3, -0.25) is 0 Å². The van der Waals surface area contributed by atoms with Gasteiger partial charge in [0, 0.05) is 12.4 Å². The van der Waals surface area contributed by atoms with Crippen molar-refractivity contribution in [1.29, 1.82) is 0 Å². The second-order valence-corrected chi connectivity index (χ2v) is 8.41. The van der Waals surface area contributed by atoms with Gasteiger partial charge in [0.25, 0.3) is 0 Å². The summed E-state index contributed by atoms with van der Waals surface area (Å²) in [6.45, 7) is 3.23. The molecule has 0 unspecified atom stereocenters. The Balaban J connectivity index is 1.95. The Hall–Kier alpha value is -2.07. The average molecular weight is 407 g/mol. The molecule has 2 nitrogen and oxygen atoms in total. The van der Waals surface area contributed by atoms with Crippen LogP contribution in [0.25, 0.3) is 0 Å². The van der Waals surface area contributed by atoms with Crippen molar-refractivity contribution >= 4 is 11.8 Å². The summed E-state index contributed by atoms with van der Waals surface area (Å²) in [6, 6.07) is 31.7. The highest BCUT2D eigenvalue weighted by atomic mass is 32.2. The maximum Gasteiger partial charge on any atom is 0.0907 e. The van der Waals surface area contributed by atoms with E-state index in [0.29, 0.717) is 19.0 Å². The quantitative estimate of drug-likeness (QED) is 0.318. The molecule has 0 spiro atoms. The van der Waals surface area contributed by atoms with Gasteiger partial charge in [0.2, 0.25) is 0 Å². The maximum absolute atomic E-state index is 10.6. The minimum Gasteiger partial charge on any atom is -0.390 e. The third-order valence-corrected chi connectivity index (χ3v) is 6.68. The fraction of sp³-hybridized carbons (Fsp3) is 0.308. The van der Waals surface area contributed by atoms with Crippen LogP contribution >= 0.6 is 11.8 Å². The SMILES string of the molecule is CCCCOC[C@@H](O)CSC(c1ccccc1)(c1ccccc1)c1ccccc1. The minimum atomic E-state index is -0.507. The van der Waals surface area contributed by atoms with Crippen LogP contribution in [0.2, 0.25) is 0 Å². The molecule has 3 rings (SSSR count). The molecule has 3 aromatic carbocycles. The first kappa shape index (κ1) is 21.6. The Morgan fingerprint density at radius 2 is 1.24 bits per heavy atom. The highest BCUT2D eigenvalue weighted by Crippen LogP contribution is 2.48. The van der Waals surface area contributed by atoms with Crippen LogP contribution in [0.3, 0.4) is 0 Å². The van der Waals surface area contributed by atoms with E-state index in [-0.39, 0.29) is 0 Å². The molecule has 1 atom stereocenters. The summed E-state index contributed by atoms with van der Waals surface area (Å²) in [4.78, 5) is 0. The van der Waals surface area contributed by atoms with Gasteiger partial charge in [0.1, 0.15) is 0 Å². The van der Waals surface area contributed by atoms with Crippen LogP contribution < -0.4 is 0 Å². The van der Waals surface area contributed by atoms with Gasteiger partial charge in [-0.1, -0.05) is 104 Å². The van der Waals surface area contributed by atoms with Crippen molar-refractivity contribution in [1.82, 2.24) is 0 Å². The van der Waals surface area contributed by atoms with Crippen molar-refractivity contribution in [3.05, 3.63) is 108 Å². The second-order valence-electron chi connectivity index (χ2n) is 7.17. The zero-order valence-electron chi connectivity index (χ0n) is 17.0. The lowest BCUT2D eigenvalue weighted by molar-refractivity contribution is 0.0472. The van der Waals surface area contributed by atoms with Crippen LogP contribution in [-0.4, -0.2) is 30.2 Å². The molecular formula is C26H30O2S. The number of hydrogen-bond acceptors (Lipinski definition) is 3. The van der Waals surface area contributed by atoms with Crippen LogP contribution in [0.5, 0.6) is 0 Å². The lowest BCUT2D eigenvalue weighted by Gasteiger charge is -2.36. The summed E-state index contributed by atoms with van der Waals surface area (Å²) in [5, 5.41) is 10.6. The fourth-order valence-corrected chi connectivity index (χ4v) is 4.95. The summed E-state index contributed by atoms with van der Waals surface area (Å²) < 4.78 is 5.26. The Labute approximate surface area is 178 Å². The van der Waals surface area contributed by atoms with Gasteiger partial charge in [-0.15, -0.1) is 11.8 Å². The van der Waals surface area contributed by atoms with Crippen molar-refractivity contribution in [2.75, 3.05) is 19.0 Å². The second kappa shape index (κ2) is 11.2. The number of ether oxygens (including phenoxy) is 1. The third kappa shape index (κ3) is 5.51. The molecule has 29 heavy (non-hydrogen) atoms. The van der Waals surface area contributed by atoms with E-state index in [1.807, 2.05) is 18.2 Å². The molecule has 3 aromatic rings. The smallest absolute Gasteiger partial charge is 0.0907 e. The molecule has 0 amide bonds. The van der Waals surface area contributed by atoms with E-state index in [1.165, 1.54) is 16.7 Å². The van der Waals surface area contributed by atoms with E-state index >= 15 is 0 Å². The predicted molar refractivity (Wildman–Crippen MR) is 123 cm³/mol. The molecule has 0 aromatic heterocycles. The third-order valence-electron chi connectivity index (χ3n) is 4.99. The molecule has 152 valence electrons. The molecule has 0 aliphatic carbocycles. The molecule has 0 saturated carbocycles. The number of aliphatic hydroxyl groups excluding tert-OH is 1. The summed E-state index contributed by atoms with van der Waals surface area (Å²) in [5.41, 5.74) is 3.63. The van der Waals surface area contributed by atoms with Crippen molar-refractivity contribution in [2.45, 2.75) is 30.6 Å². The highest BCUT2D eigenvalue weighted by molar-refractivity contribution is 8.00. The molecule has 0 radical (unpaired) electrons. The summed E-state index contributed by atoms with van der Waals surface area (Å²) >= 11 is 1.77. The summed E-state index contributed by atoms with van der Waals surface area (Å²) in [7, 11) is 0. The van der Waals surface area contributed by atoms with Crippen LogP contribution in [0, 0.1) is 0 Å². The van der Waals surface area contributed by atoms with Gasteiger partial charge in [-0.05, 0) is 23.1 Å². The number of thioether (sulfide) groups is 1. The molecule has 0 aliphatic rings. The number of aliphatic hydroxyl groups is 1. The van der Waals surface area contributed by atoms with Gasteiger partial charge in [0.15, 0.2) is 0 Å². The molecule has 1 N–H and O–H groups in total. The largest absolute Gasteiger partial charge is 0.390 e. The Kier molecular flexibility index (Phi) is 8.36. The van der Waals surface area contributed by atoms with E-state index in [1.54, 1.807) is 11.8 Å². The first-order valence-corrected chi connectivity index (χ1v) is 11.3. The number of hydrogen-bond donors (Lipinski definition) is 1. The minimum absolute atomic E-state index is 0.376. The number of rotatable bonds is 11. The van der Waals surface area contributed by atoms with Crippen molar-refractivity contribution in [3.8, 4) is 0 Å². The van der Waals surface area contributed by atoms with Crippen molar-refractivity contribution in [2.24, 2.45) is 0 Å². The zero-order chi connectivity index (χ0) is 20.4. The highest BCUT2D eigenvalue weighted by Gasteiger charge is 2.37. The molecule has 0 saturated heterocycles. The van der Waals surface area contributed by atoms with Crippen LogP contribution in [0.4, 0.5) is 0 Å². The predicted octanol–water partition coefficient (Wildman–Crippen LogP) is 5.89. The van der Waals surface area contributed by atoms with E-state index in [9.17, 15) is 5.11 Å². The number of unbranched alkanes of at least 4 members (excludes halogenated alkanes) is 1. The van der Waals surface area contributed by atoms with E-state index in [2.05, 4.69) is 79.7 Å². The lowest BCUT2D eigenvalue weighted by atomic mass is 9.84. The molecule has 0 heterocycles. The van der Waals surface area contributed by atoms with Crippen molar-refractivity contribution < 1.29 is 9.84 Å². The normalized spacial score (nSPS) is 12.6. The first-order chi connectivity index (χ1) is 14.3. The Morgan fingerprint density at radius 1 is 0.793 bits per heavy atom. The van der Waals surface area contributed by atoms with Gasteiger partial charge >= 0.3 is 0 Å². The average Bonchev–Trinajstić information content (AvgIpc) is 2.79. The standard InChI is InChI=1S/C26H30O2S/c1-2-3-19-28-20-25(27)21-29-26(22-13-7-4-8-14-22,23-15-9-5-10-16-23)24-17-11-6-12-18-24/h4-18,25,27H,2-3,19-21H2,1H3/t25-/m1/s1. The Bertz CT molecular complexity index is 724. The molecule has 0 fully saturated rings. The van der Waals surface area contributed by atoms with Crippen LogP contribution in [-0.2, 0) is 9.48 Å². The van der Waals surface area contributed by atoms with Gasteiger partial charge in [-0.25, -0.2) is 0 Å².